The second-order valence-electron chi connectivity index (χ2n) is 11.1. The molecule has 0 spiro atoms. The number of pyridine rings is 1. The van der Waals surface area contributed by atoms with E-state index >= 15 is 0 Å². The van der Waals surface area contributed by atoms with Crippen LogP contribution in [0.3, 0.4) is 0 Å². The Hall–Kier alpha value is -4.41. The van der Waals surface area contributed by atoms with Crippen molar-refractivity contribution in [3.05, 3.63) is 102 Å². The third-order valence-electron chi connectivity index (χ3n) is 8.43. The number of thiocarbonyl (C=S) groups is 1. The number of hydrogen-bond donors (Lipinski definition) is 2. The molecule has 0 unspecified atom stereocenters. The topological polar surface area (TPSA) is 83.9 Å². The van der Waals surface area contributed by atoms with Crippen molar-refractivity contribution in [3.8, 4) is 11.4 Å². The molecule has 228 valence electrons. The number of ether oxygens (including phenoxy) is 2. The van der Waals surface area contributed by atoms with Crippen molar-refractivity contribution in [2.45, 2.75) is 32.4 Å². The highest BCUT2D eigenvalue weighted by Gasteiger charge is 2.41. The Balaban J connectivity index is 1.28. The molecule has 2 atom stereocenters. The maximum absolute atomic E-state index is 13.1. The van der Waals surface area contributed by atoms with Crippen molar-refractivity contribution in [1.29, 1.82) is 0 Å². The van der Waals surface area contributed by atoms with Gasteiger partial charge in [-0.2, -0.15) is 0 Å². The van der Waals surface area contributed by atoms with E-state index in [1.807, 2.05) is 42.5 Å². The lowest BCUT2D eigenvalue weighted by Crippen LogP contribution is -2.36. The summed E-state index contributed by atoms with van der Waals surface area (Å²) in [5.74, 6) is 0.515. The number of carbonyl (C=O) groups is 1. The van der Waals surface area contributed by atoms with Crippen LogP contribution < -0.4 is 20.3 Å². The molecule has 44 heavy (non-hydrogen) atoms. The first-order valence-corrected chi connectivity index (χ1v) is 15.4. The predicted octanol–water partition coefficient (Wildman–Crippen LogP) is 5.34. The number of aromatic nitrogens is 2. The molecular weight excluding hydrogens is 572 g/mol. The second kappa shape index (κ2) is 13.1. The lowest BCUT2D eigenvalue weighted by molar-refractivity contribution is -0.116. The number of rotatable bonds is 9. The number of carbonyl (C=O) groups excluding carboxylic acids is 1. The largest absolute Gasteiger partial charge is 0.495 e. The van der Waals surface area contributed by atoms with Crippen molar-refractivity contribution < 1.29 is 14.3 Å². The molecule has 2 fully saturated rings. The Morgan fingerprint density at radius 2 is 1.77 bits per heavy atom. The van der Waals surface area contributed by atoms with Gasteiger partial charge < -0.3 is 34.5 Å². The van der Waals surface area contributed by atoms with E-state index in [1.165, 1.54) is 5.69 Å². The third-order valence-corrected chi connectivity index (χ3v) is 8.78. The summed E-state index contributed by atoms with van der Waals surface area (Å²) in [6.07, 6.45) is 2.06. The highest BCUT2D eigenvalue weighted by Crippen LogP contribution is 2.41. The van der Waals surface area contributed by atoms with Crippen LogP contribution in [0.2, 0.25) is 0 Å². The van der Waals surface area contributed by atoms with Crippen LogP contribution in [-0.4, -0.2) is 65.4 Å². The Morgan fingerprint density at radius 1 is 1.05 bits per heavy atom. The van der Waals surface area contributed by atoms with E-state index in [0.717, 1.165) is 54.6 Å². The fourth-order valence-corrected chi connectivity index (χ4v) is 6.62. The van der Waals surface area contributed by atoms with Crippen molar-refractivity contribution >= 4 is 34.6 Å². The van der Waals surface area contributed by atoms with Crippen molar-refractivity contribution in [2.75, 3.05) is 50.2 Å². The molecule has 0 saturated carbocycles. The van der Waals surface area contributed by atoms with Gasteiger partial charge in [-0.25, -0.2) is 0 Å². The molecular formula is C34H38N6O3S. The highest BCUT2D eigenvalue weighted by molar-refractivity contribution is 7.80. The number of anilines is 2. The molecule has 2 N–H and O–H groups in total. The van der Waals surface area contributed by atoms with Crippen molar-refractivity contribution in [3.63, 3.8) is 0 Å². The zero-order valence-corrected chi connectivity index (χ0v) is 26.1. The number of nitrogens with zero attached hydrogens (tertiary/aromatic N) is 4. The van der Waals surface area contributed by atoms with Gasteiger partial charge in [-0.1, -0.05) is 18.2 Å². The molecule has 0 aliphatic carbocycles. The average molecular weight is 611 g/mol. The predicted molar refractivity (Wildman–Crippen MR) is 177 cm³/mol. The van der Waals surface area contributed by atoms with Crippen molar-refractivity contribution in [1.82, 2.24) is 19.8 Å². The van der Waals surface area contributed by atoms with Gasteiger partial charge in [-0.3, -0.25) is 9.78 Å². The van der Waals surface area contributed by atoms with E-state index in [9.17, 15) is 4.79 Å². The van der Waals surface area contributed by atoms with Gasteiger partial charge in [0.05, 0.1) is 43.8 Å². The van der Waals surface area contributed by atoms with Crippen LogP contribution in [0.25, 0.3) is 5.69 Å². The van der Waals surface area contributed by atoms with E-state index in [-0.39, 0.29) is 24.4 Å². The average Bonchev–Trinajstić information content (AvgIpc) is 3.54. The molecule has 6 rings (SSSR count). The summed E-state index contributed by atoms with van der Waals surface area (Å²) >= 11 is 5.88. The van der Waals surface area contributed by atoms with Gasteiger partial charge >= 0.3 is 0 Å². The smallest absolute Gasteiger partial charge is 0.226 e. The number of aryl methyl sites for hydroxylation is 1. The van der Waals surface area contributed by atoms with Gasteiger partial charge in [0.25, 0.3) is 0 Å². The Bertz CT molecular complexity index is 1620. The van der Waals surface area contributed by atoms with Crippen LogP contribution in [0.15, 0.2) is 79.0 Å². The molecule has 1 amide bonds. The lowest BCUT2D eigenvalue weighted by atomic mass is 9.96. The summed E-state index contributed by atoms with van der Waals surface area (Å²) < 4.78 is 13.2. The second-order valence-corrected chi connectivity index (χ2v) is 11.5. The first-order chi connectivity index (χ1) is 21.4. The molecule has 9 nitrogen and oxygen atoms in total. The molecule has 4 aromatic rings. The van der Waals surface area contributed by atoms with Gasteiger partial charge in [-0.05, 0) is 86.2 Å². The molecule has 2 aromatic heterocycles. The normalized spacial score (nSPS) is 18.3. The summed E-state index contributed by atoms with van der Waals surface area (Å²) in [6.45, 7) is 8.05. The van der Waals surface area contributed by atoms with E-state index in [1.54, 1.807) is 13.3 Å². The standard InChI is InChI=1S/C34H38N6O3S/c1-23-22-27(24(2)40(23)26-13-11-25(12-14-26)38-18-20-43-21-19-38)33-32(29-9-6-7-16-35-29)37-34(44)39(33)17-15-31(41)36-28-8-4-5-10-30(28)42-3/h4-14,16,22,32-33H,15,17-21H2,1-3H3,(H,36,41)(H,37,44)/t32-,33+/m1/s1. The molecule has 4 heterocycles. The number of methoxy groups -OCH3 is 1. The Labute approximate surface area is 263 Å². The van der Waals surface area contributed by atoms with Gasteiger partial charge in [0.2, 0.25) is 5.91 Å². The third kappa shape index (κ3) is 6.00. The van der Waals surface area contributed by atoms with Gasteiger partial charge in [0, 0.05) is 55.0 Å². The SMILES string of the molecule is COc1ccccc1NC(=O)CCN1C(=S)N[C@H](c2ccccn2)[C@@H]1c1cc(C)n(-c2ccc(N3CCOCC3)cc2)c1C. The van der Waals surface area contributed by atoms with Gasteiger partial charge in [-0.15, -0.1) is 0 Å². The zero-order valence-electron chi connectivity index (χ0n) is 25.3. The molecule has 2 aliphatic rings. The number of benzene rings is 2. The number of para-hydroxylation sites is 2. The first-order valence-electron chi connectivity index (χ1n) is 15.0. The van der Waals surface area contributed by atoms with E-state index in [2.05, 4.69) is 74.2 Å². The number of morpholine rings is 1. The number of amides is 1. The summed E-state index contributed by atoms with van der Waals surface area (Å²) in [4.78, 5) is 22.3. The van der Waals surface area contributed by atoms with Crippen LogP contribution in [0.5, 0.6) is 5.75 Å². The lowest BCUT2D eigenvalue weighted by Gasteiger charge is -2.29. The fourth-order valence-electron chi connectivity index (χ4n) is 6.29. The highest BCUT2D eigenvalue weighted by atomic mass is 32.1. The number of hydrogen-bond acceptors (Lipinski definition) is 6. The van der Waals surface area contributed by atoms with E-state index in [0.29, 0.717) is 23.1 Å². The Kier molecular flexibility index (Phi) is 8.81. The van der Waals surface area contributed by atoms with Crippen LogP contribution in [-0.2, 0) is 9.53 Å². The maximum atomic E-state index is 13.1. The van der Waals surface area contributed by atoms with Crippen LogP contribution >= 0.6 is 12.2 Å². The van der Waals surface area contributed by atoms with E-state index in [4.69, 9.17) is 21.7 Å². The molecule has 2 saturated heterocycles. The molecule has 0 radical (unpaired) electrons. The van der Waals surface area contributed by atoms with E-state index < -0.39 is 0 Å². The monoisotopic (exact) mass is 610 g/mol. The van der Waals surface area contributed by atoms with Crippen LogP contribution in [0.1, 0.15) is 41.1 Å². The molecule has 0 bridgehead atoms. The van der Waals surface area contributed by atoms with Gasteiger partial charge in [0.15, 0.2) is 5.11 Å². The van der Waals surface area contributed by atoms with Crippen LogP contribution in [0, 0.1) is 13.8 Å². The molecule has 2 aliphatic heterocycles. The maximum Gasteiger partial charge on any atom is 0.226 e. The summed E-state index contributed by atoms with van der Waals surface area (Å²) in [5, 5.41) is 7.12. The zero-order chi connectivity index (χ0) is 30.6. The Morgan fingerprint density at radius 3 is 2.50 bits per heavy atom. The fraction of sp³-hybridized carbons (Fsp3) is 0.324. The van der Waals surface area contributed by atoms with Crippen molar-refractivity contribution in [2.24, 2.45) is 0 Å². The molecule has 10 heteroatoms. The number of nitrogens with one attached hydrogen (secondary N) is 2. The molecule has 2 aromatic carbocycles. The minimum Gasteiger partial charge on any atom is -0.495 e. The van der Waals surface area contributed by atoms with Gasteiger partial charge in [0.1, 0.15) is 5.75 Å². The summed E-state index contributed by atoms with van der Waals surface area (Å²) in [7, 11) is 1.59. The minimum atomic E-state index is -0.168. The quantitative estimate of drug-likeness (QED) is 0.246. The van der Waals surface area contributed by atoms with Crippen LogP contribution in [0.4, 0.5) is 11.4 Å². The first kappa shape index (κ1) is 29.7. The summed E-state index contributed by atoms with van der Waals surface area (Å²) in [6, 6.07) is 24.0. The minimum absolute atomic E-state index is 0.108. The summed E-state index contributed by atoms with van der Waals surface area (Å²) in [5.41, 5.74) is 7.26.